The molecule has 1 aromatic heterocycles. The first-order chi connectivity index (χ1) is 10.5. The van der Waals surface area contributed by atoms with Gasteiger partial charge < -0.3 is 5.32 Å². The zero-order valence-corrected chi connectivity index (χ0v) is 15.4. The first-order valence-corrected chi connectivity index (χ1v) is 9.58. The Kier molecular flexibility index (Phi) is 3.88. The number of nitrogens with one attached hydrogen (secondary N) is 1. The van der Waals surface area contributed by atoms with Gasteiger partial charge in [0.15, 0.2) is 0 Å². The van der Waals surface area contributed by atoms with Gasteiger partial charge in [0.2, 0.25) is 0 Å². The van der Waals surface area contributed by atoms with Crippen LogP contribution in [0.2, 0.25) is 5.15 Å². The predicted molar refractivity (Wildman–Crippen MR) is 94.9 cm³/mol. The molecule has 3 nitrogen and oxygen atoms in total. The van der Waals surface area contributed by atoms with Crippen molar-refractivity contribution in [2.24, 2.45) is 23.2 Å². The second-order valence-electron chi connectivity index (χ2n) is 7.59. The third kappa shape index (κ3) is 2.77. The Morgan fingerprint density at radius 3 is 2.45 bits per heavy atom. The van der Waals surface area contributed by atoms with E-state index in [0.717, 1.165) is 27.9 Å². The van der Waals surface area contributed by atoms with Gasteiger partial charge in [-0.2, -0.15) is 0 Å². The molecule has 5 rings (SSSR count). The molecule has 4 aliphatic carbocycles. The Morgan fingerprint density at radius 1 is 1.27 bits per heavy atom. The van der Waals surface area contributed by atoms with E-state index in [1.807, 2.05) is 6.07 Å². The maximum absolute atomic E-state index is 12.5. The van der Waals surface area contributed by atoms with Gasteiger partial charge in [0, 0.05) is 16.3 Å². The average Bonchev–Trinajstić information content (AvgIpc) is 2.46. The monoisotopic (exact) mass is 430 g/mol. The summed E-state index contributed by atoms with van der Waals surface area (Å²) in [6.07, 6.45) is 9.88. The van der Waals surface area contributed by atoms with E-state index in [2.05, 4.69) is 32.9 Å². The quantitative estimate of drug-likeness (QED) is 0.574. The van der Waals surface area contributed by atoms with Crippen molar-refractivity contribution in [3.05, 3.63) is 26.5 Å². The van der Waals surface area contributed by atoms with Crippen molar-refractivity contribution in [2.75, 3.05) is 6.54 Å². The van der Waals surface area contributed by atoms with Gasteiger partial charge in [0.05, 0.1) is 5.56 Å². The summed E-state index contributed by atoms with van der Waals surface area (Å²) in [5, 5.41) is 3.45. The number of carbonyl (C=O) groups excluding carboxylic acids is 1. The van der Waals surface area contributed by atoms with Crippen molar-refractivity contribution in [3.63, 3.8) is 0 Å². The van der Waals surface area contributed by atoms with Gasteiger partial charge in [-0.15, -0.1) is 0 Å². The average molecular weight is 431 g/mol. The van der Waals surface area contributed by atoms with E-state index in [1.54, 1.807) is 6.20 Å². The van der Waals surface area contributed by atoms with Crippen LogP contribution in [0.1, 0.15) is 48.9 Å². The van der Waals surface area contributed by atoms with Crippen LogP contribution in [0.5, 0.6) is 0 Å². The van der Waals surface area contributed by atoms with E-state index in [-0.39, 0.29) is 5.91 Å². The highest BCUT2D eigenvalue weighted by Crippen LogP contribution is 2.59. The third-order valence-corrected chi connectivity index (χ3v) is 6.73. The van der Waals surface area contributed by atoms with E-state index in [9.17, 15) is 4.79 Å². The van der Waals surface area contributed by atoms with Gasteiger partial charge in [0.1, 0.15) is 5.15 Å². The lowest BCUT2D eigenvalue weighted by Gasteiger charge is -2.56. The van der Waals surface area contributed by atoms with E-state index in [1.165, 1.54) is 38.5 Å². The molecule has 0 spiro atoms. The largest absolute Gasteiger partial charge is 0.351 e. The maximum atomic E-state index is 12.5. The van der Waals surface area contributed by atoms with Gasteiger partial charge >= 0.3 is 0 Å². The van der Waals surface area contributed by atoms with Crippen molar-refractivity contribution in [2.45, 2.75) is 38.5 Å². The Balaban J connectivity index is 1.46. The number of hydrogen-bond donors (Lipinski definition) is 1. The van der Waals surface area contributed by atoms with Crippen LogP contribution in [0.3, 0.4) is 0 Å². The number of rotatable bonds is 3. The first kappa shape index (κ1) is 15.2. The summed E-state index contributed by atoms with van der Waals surface area (Å²) in [5.41, 5.74) is 0.852. The normalized spacial score (nSPS) is 35.6. The molecule has 0 aliphatic heterocycles. The Hall–Kier alpha value is -0.360. The molecule has 1 heterocycles. The molecular formula is C17H20ClIN2O. The van der Waals surface area contributed by atoms with E-state index in [4.69, 9.17) is 11.6 Å². The topological polar surface area (TPSA) is 42.0 Å². The molecule has 4 bridgehead atoms. The summed E-state index contributed by atoms with van der Waals surface area (Å²) in [6, 6.07) is 1.81. The van der Waals surface area contributed by atoms with Crippen LogP contribution in [0, 0.1) is 26.7 Å². The van der Waals surface area contributed by atoms with Crippen LogP contribution in [-0.4, -0.2) is 17.4 Å². The summed E-state index contributed by atoms with van der Waals surface area (Å²) in [7, 11) is 0. The second-order valence-corrected chi connectivity index (χ2v) is 9.20. The molecule has 4 saturated carbocycles. The van der Waals surface area contributed by atoms with Gasteiger partial charge in [0.25, 0.3) is 5.91 Å². The number of aromatic nitrogens is 1. The number of halogens is 2. The van der Waals surface area contributed by atoms with E-state index in [0.29, 0.717) is 16.1 Å². The lowest BCUT2D eigenvalue weighted by molar-refractivity contribution is -0.0503. The van der Waals surface area contributed by atoms with Gasteiger partial charge in [-0.1, -0.05) is 11.6 Å². The van der Waals surface area contributed by atoms with Crippen LogP contribution in [-0.2, 0) is 0 Å². The fraction of sp³-hybridized carbons (Fsp3) is 0.647. The molecule has 0 atom stereocenters. The van der Waals surface area contributed by atoms with Crippen LogP contribution >= 0.6 is 34.2 Å². The molecule has 4 aliphatic rings. The molecule has 1 aromatic rings. The number of hydrogen-bond acceptors (Lipinski definition) is 2. The van der Waals surface area contributed by atoms with Gasteiger partial charge in [-0.3, -0.25) is 4.79 Å². The van der Waals surface area contributed by atoms with E-state index >= 15 is 0 Å². The molecule has 0 aromatic carbocycles. The maximum Gasteiger partial charge on any atom is 0.254 e. The fourth-order valence-corrected chi connectivity index (χ4v) is 6.09. The zero-order valence-electron chi connectivity index (χ0n) is 12.4. The Labute approximate surface area is 149 Å². The minimum Gasteiger partial charge on any atom is -0.351 e. The highest BCUT2D eigenvalue weighted by atomic mass is 127. The molecule has 0 unspecified atom stereocenters. The lowest BCUT2D eigenvalue weighted by Crippen LogP contribution is -2.51. The molecule has 1 N–H and O–H groups in total. The molecular weight excluding hydrogens is 411 g/mol. The standard InChI is InChI=1S/C17H20ClIN2O/c18-15-14(4-13(19)8-20-15)16(22)21-9-17-5-10-1-11(6-17)3-12(2-10)7-17/h4,8,10-12H,1-3,5-7,9H2,(H,21,22). The van der Waals surface area contributed by atoms with Gasteiger partial charge in [-0.05, 0) is 90.4 Å². The van der Waals surface area contributed by atoms with Crippen molar-refractivity contribution in [1.29, 1.82) is 0 Å². The number of nitrogens with zero attached hydrogens (tertiary/aromatic N) is 1. The first-order valence-electron chi connectivity index (χ1n) is 8.12. The molecule has 5 heteroatoms. The number of carbonyl (C=O) groups is 1. The second kappa shape index (κ2) is 5.62. The minimum absolute atomic E-state index is 0.0771. The summed E-state index contributed by atoms with van der Waals surface area (Å²) in [5.74, 6) is 2.65. The fourth-order valence-electron chi connectivity index (χ4n) is 5.45. The molecule has 22 heavy (non-hydrogen) atoms. The van der Waals surface area contributed by atoms with Crippen molar-refractivity contribution < 1.29 is 4.79 Å². The summed E-state index contributed by atoms with van der Waals surface area (Å²) < 4.78 is 0.932. The zero-order chi connectivity index (χ0) is 15.3. The van der Waals surface area contributed by atoms with Crippen LogP contribution < -0.4 is 5.32 Å². The van der Waals surface area contributed by atoms with Crippen molar-refractivity contribution >= 4 is 40.1 Å². The predicted octanol–water partition coefficient (Wildman–Crippen LogP) is 4.29. The summed E-state index contributed by atoms with van der Waals surface area (Å²) >= 11 is 8.23. The van der Waals surface area contributed by atoms with Gasteiger partial charge in [-0.25, -0.2) is 4.98 Å². The number of pyridine rings is 1. The molecule has 1 amide bonds. The summed E-state index contributed by atoms with van der Waals surface area (Å²) in [6.45, 7) is 0.803. The number of amides is 1. The smallest absolute Gasteiger partial charge is 0.254 e. The Bertz CT molecular complexity index is 583. The van der Waals surface area contributed by atoms with Crippen LogP contribution in [0.15, 0.2) is 12.3 Å². The summed E-state index contributed by atoms with van der Waals surface area (Å²) in [4.78, 5) is 16.5. The van der Waals surface area contributed by atoms with E-state index < -0.39 is 0 Å². The highest BCUT2D eigenvalue weighted by Gasteiger charge is 2.50. The minimum atomic E-state index is -0.0771. The highest BCUT2D eigenvalue weighted by molar-refractivity contribution is 14.1. The van der Waals surface area contributed by atoms with Crippen molar-refractivity contribution in [1.82, 2.24) is 10.3 Å². The lowest BCUT2D eigenvalue weighted by atomic mass is 9.49. The van der Waals surface area contributed by atoms with Crippen LogP contribution in [0.25, 0.3) is 0 Å². The SMILES string of the molecule is O=C(NCC12CC3CC(CC(C3)C1)C2)c1cc(I)cnc1Cl. The van der Waals surface area contributed by atoms with Crippen molar-refractivity contribution in [3.8, 4) is 0 Å². The molecule has 0 radical (unpaired) electrons. The molecule has 0 saturated heterocycles. The molecule has 4 fully saturated rings. The molecule has 118 valence electrons. The Morgan fingerprint density at radius 2 is 1.86 bits per heavy atom. The van der Waals surface area contributed by atoms with Crippen LogP contribution in [0.4, 0.5) is 0 Å². The third-order valence-electron chi connectivity index (χ3n) is 5.84.